The summed E-state index contributed by atoms with van der Waals surface area (Å²) < 4.78 is 5.43. The Hall–Kier alpha value is -3.43. The fraction of sp³-hybridized carbons (Fsp3) is 0.136. The Morgan fingerprint density at radius 1 is 1.00 bits per heavy atom. The van der Waals surface area contributed by atoms with Gasteiger partial charge in [-0.3, -0.25) is 15.1 Å². The number of carbonyl (C=O) groups is 1. The Bertz CT molecular complexity index is 1410. The summed E-state index contributed by atoms with van der Waals surface area (Å²) in [7, 11) is 0. The number of fused-ring (bicyclic) bond motifs is 1. The SMILES string of the molecule is Cc1nc(NC(=O)c2sc3nc(-c4ccco4)nc(C)c3c2C)sc1-c1ccccn1. The first-order valence-electron chi connectivity index (χ1n) is 9.53. The van der Waals surface area contributed by atoms with Crippen molar-refractivity contribution < 1.29 is 9.21 Å². The van der Waals surface area contributed by atoms with Gasteiger partial charge in [-0.1, -0.05) is 17.4 Å². The summed E-state index contributed by atoms with van der Waals surface area (Å²) in [5, 5.41) is 4.38. The number of thiophene rings is 1. The molecule has 31 heavy (non-hydrogen) atoms. The predicted octanol–water partition coefficient (Wildman–Crippen LogP) is 5.65. The van der Waals surface area contributed by atoms with E-state index in [1.165, 1.54) is 22.7 Å². The summed E-state index contributed by atoms with van der Waals surface area (Å²) in [5.41, 5.74) is 3.34. The van der Waals surface area contributed by atoms with Crippen LogP contribution in [0.3, 0.4) is 0 Å². The molecule has 0 spiro atoms. The lowest BCUT2D eigenvalue weighted by Gasteiger charge is -2.02. The second-order valence-electron chi connectivity index (χ2n) is 6.95. The standard InChI is InChI=1S/C22H17N5O2S2/c1-11-16-12(2)24-19(15-8-6-10-29-15)26-21(16)30-17(11)20(28)27-22-25-13(3)18(31-22)14-7-4-5-9-23-14/h4-10H,1-3H3,(H,25,27,28). The first kappa shape index (κ1) is 19.5. The molecule has 1 N–H and O–H groups in total. The topological polar surface area (TPSA) is 93.8 Å². The number of pyridine rings is 1. The molecular weight excluding hydrogens is 430 g/mol. The van der Waals surface area contributed by atoms with Crippen molar-refractivity contribution >= 4 is 43.9 Å². The van der Waals surface area contributed by atoms with Crippen molar-refractivity contribution in [2.24, 2.45) is 0 Å². The van der Waals surface area contributed by atoms with Crippen LogP contribution in [0.4, 0.5) is 5.13 Å². The lowest BCUT2D eigenvalue weighted by atomic mass is 10.1. The van der Waals surface area contributed by atoms with Crippen LogP contribution in [0.1, 0.15) is 26.6 Å². The van der Waals surface area contributed by atoms with Gasteiger partial charge in [0.2, 0.25) is 0 Å². The minimum atomic E-state index is -0.208. The summed E-state index contributed by atoms with van der Waals surface area (Å²) in [6.07, 6.45) is 3.33. The van der Waals surface area contributed by atoms with E-state index >= 15 is 0 Å². The minimum absolute atomic E-state index is 0.208. The average Bonchev–Trinajstić information content (AvgIpc) is 3.48. The molecule has 0 saturated heterocycles. The van der Waals surface area contributed by atoms with Crippen LogP contribution >= 0.6 is 22.7 Å². The molecule has 0 aliphatic heterocycles. The lowest BCUT2D eigenvalue weighted by Crippen LogP contribution is -2.11. The maximum atomic E-state index is 13.1. The molecule has 0 atom stereocenters. The van der Waals surface area contributed by atoms with E-state index in [0.29, 0.717) is 21.6 Å². The van der Waals surface area contributed by atoms with Crippen LogP contribution in [0.15, 0.2) is 47.2 Å². The van der Waals surface area contributed by atoms with Gasteiger partial charge in [-0.25, -0.2) is 15.0 Å². The fourth-order valence-corrected chi connectivity index (χ4v) is 5.48. The van der Waals surface area contributed by atoms with Gasteiger partial charge in [0.25, 0.3) is 5.91 Å². The molecule has 0 saturated carbocycles. The number of amides is 1. The zero-order valence-corrected chi connectivity index (χ0v) is 18.6. The molecule has 0 fully saturated rings. The molecule has 0 aromatic carbocycles. The normalized spacial score (nSPS) is 11.2. The largest absolute Gasteiger partial charge is 0.461 e. The van der Waals surface area contributed by atoms with Gasteiger partial charge in [0, 0.05) is 11.6 Å². The van der Waals surface area contributed by atoms with Gasteiger partial charge in [0.1, 0.15) is 4.83 Å². The first-order valence-corrected chi connectivity index (χ1v) is 11.2. The van der Waals surface area contributed by atoms with E-state index in [-0.39, 0.29) is 5.91 Å². The van der Waals surface area contributed by atoms with Crippen molar-refractivity contribution in [1.29, 1.82) is 0 Å². The number of furan rings is 1. The number of anilines is 1. The van der Waals surface area contributed by atoms with E-state index in [4.69, 9.17) is 4.42 Å². The number of hydrogen-bond acceptors (Lipinski definition) is 8. The molecule has 0 bridgehead atoms. The zero-order valence-electron chi connectivity index (χ0n) is 17.0. The lowest BCUT2D eigenvalue weighted by molar-refractivity contribution is 0.103. The molecule has 5 heterocycles. The van der Waals surface area contributed by atoms with Crippen LogP contribution in [0.25, 0.3) is 32.4 Å². The van der Waals surface area contributed by atoms with Crippen LogP contribution in [-0.2, 0) is 0 Å². The van der Waals surface area contributed by atoms with Crippen molar-refractivity contribution in [3.63, 3.8) is 0 Å². The van der Waals surface area contributed by atoms with Crippen molar-refractivity contribution in [1.82, 2.24) is 19.9 Å². The second-order valence-corrected chi connectivity index (χ2v) is 8.95. The van der Waals surface area contributed by atoms with Crippen LogP contribution in [0.2, 0.25) is 0 Å². The Morgan fingerprint density at radius 3 is 2.61 bits per heavy atom. The molecule has 9 heteroatoms. The van der Waals surface area contributed by atoms with Gasteiger partial charge in [-0.15, -0.1) is 11.3 Å². The Labute approximate surface area is 185 Å². The Kier molecular flexibility index (Phi) is 4.84. The number of nitrogens with one attached hydrogen (secondary N) is 1. The maximum absolute atomic E-state index is 13.1. The molecule has 0 radical (unpaired) electrons. The zero-order chi connectivity index (χ0) is 21.5. The van der Waals surface area contributed by atoms with E-state index in [2.05, 4.69) is 25.3 Å². The maximum Gasteiger partial charge on any atom is 0.267 e. The Morgan fingerprint density at radius 2 is 1.87 bits per heavy atom. The van der Waals surface area contributed by atoms with Crippen molar-refractivity contribution in [2.75, 3.05) is 5.32 Å². The van der Waals surface area contributed by atoms with Crippen LogP contribution < -0.4 is 5.32 Å². The molecule has 154 valence electrons. The highest BCUT2D eigenvalue weighted by Gasteiger charge is 2.21. The van der Waals surface area contributed by atoms with Crippen LogP contribution in [-0.4, -0.2) is 25.8 Å². The number of rotatable bonds is 4. The third-order valence-electron chi connectivity index (χ3n) is 4.83. The quantitative estimate of drug-likeness (QED) is 0.383. The predicted molar refractivity (Wildman–Crippen MR) is 123 cm³/mol. The summed E-state index contributed by atoms with van der Waals surface area (Å²) in [6, 6.07) is 9.35. The van der Waals surface area contributed by atoms with Crippen LogP contribution in [0, 0.1) is 20.8 Å². The smallest absolute Gasteiger partial charge is 0.267 e. The van der Waals surface area contributed by atoms with Gasteiger partial charge in [-0.05, 0) is 50.6 Å². The molecule has 1 amide bonds. The van der Waals surface area contributed by atoms with Gasteiger partial charge in [-0.2, -0.15) is 0 Å². The molecule has 5 rings (SSSR count). The highest BCUT2D eigenvalue weighted by Crippen LogP contribution is 2.35. The highest BCUT2D eigenvalue weighted by atomic mass is 32.1. The van der Waals surface area contributed by atoms with Gasteiger partial charge >= 0.3 is 0 Å². The van der Waals surface area contributed by atoms with E-state index in [9.17, 15) is 4.79 Å². The number of carbonyl (C=O) groups excluding carboxylic acids is 1. The number of nitrogens with zero attached hydrogens (tertiary/aromatic N) is 4. The van der Waals surface area contributed by atoms with Crippen molar-refractivity contribution in [3.8, 4) is 22.2 Å². The summed E-state index contributed by atoms with van der Waals surface area (Å²) in [5.74, 6) is 0.905. The number of aromatic nitrogens is 4. The van der Waals surface area contributed by atoms with E-state index in [0.717, 1.165) is 37.7 Å². The molecule has 0 aliphatic carbocycles. The molecule has 0 aliphatic rings. The fourth-order valence-electron chi connectivity index (χ4n) is 3.41. The van der Waals surface area contributed by atoms with Crippen molar-refractivity contribution in [2.45, 2.75) is 20.8 Å². The third kappa shape index (κ3) is 3.51. The third-order valence-corrected chi connectivity index (χ3v) is 7.11. The summed E-state index contributed by atoms with van der Waals surface area (Å²) >= 11 is 2.75. The van der Waals surface area contributed by atoms with E-state index in [1.54, 1.807) is 18.5 Å². The van der Waals surface area contributed by atoms with E-state index < -0.39 is 0 Å². The molecule has 7 nitrogen and oxygen atoms in total. The monoisotopic (exact) mass is 447 g/mol. The first-order chi connectivity index (χ1) is 15.0. The number of thiazole rings is 1. The molecule has 5 aromatic heterocycles. The highest BCUT2D eigenvalue weighted by molar-refractivity contribution is 7.21. The van der Waals surface area contributed by atoms with Gasteiger partial charge in [0.15, 0.2) is 16.7 Å². The number of aryl methyl sites for hydroxylation is 3. The minimum Gasteiger partial charge on any atom is -0.461 e. The number of hydrogen-bond donors (Lipinski definition) is 1. The molecular formula is C22H17N5O2S2. The summed E-state index contributed by atoms with van der Waals surface area (Å²) in [6.45, 7) is 5.75. The van der Waals surface area contributed by atoms with E-state index in [1.807, 2.05) is 45.0 Å². The van der Waals surface area contributed by atoms with Crippen LogP contribution in [0.5, 0.6) is 0 Å². The summed E-state index contributed by atoms with van der Waals surface area (Å²) in [4.78, 5) is 33.4. The van der Waals surface area contributed by atoms with Gasteiger partial charge < -0.3 is 4.42 Å². The van der Waals surface area contributed by atoms with Crippen molar-refractivity contribution in [3.05, 3.63) is 64.6 Å². The molecule has 5 aromatic rings. The van der Waals surface area contributed by atoms with Gasteiger partial charge in [0.05, 0.1) is 33.1 Å². The molecule has 0 unspecified atom stereocenters. The average molecular weight is 448 g/mol. The Balaban J connectivity index is 1.48. The second kappa shape index (κ2) is 7.68.